The molecule has 1 aromatic heterocycles. The average molecular weight is 252 g/mol. The molecular formula is C12H14F2N4. The lowest BCUT2D eigenvalue weighted by molar-refractivity contribution is 0.602. The quantitative estimate of drug-likeness (QED) is 0.883. The van der Waals surface area contributed by atoms with Crippen LogP contribution in [0, 0.1) is 18.6 Å². The Morgan fingerprint density at radius 3 is 2.78 bits per heavy atom. The standard InChI is InChI=1S/C12H14F2N4/c1-3-18-12(11(15)7(2)17-18)16-10-6-8(13)4-5-9(10)14/h4-6,16H,3,15H2,1-2H3. The van der Waals surface area contributed by atoms with Crippen LogP contribution < -0.4 is 11.1 Å². The third kappa shape index (κ3) is 2.13. The first-order valence-corrected chi connectivity index (χ1v) is 5.58. The Kier molecular flexibility index (Phi) is 3.18. The van der Waals surface area contributed by atoms with Gasteiger partial charge in [-0.15, -0.1) is 0 Å². The summed E-state index contributed by atoms with van der Waals surface area (Å²) in [7, 11) is 0. The van der Waals surface area contributed by atoms with Crippen LogP contribution in [0.25, 0.3) is 0 Å². The monoisotopic (exact) mass is 252 g/mol. The molecule has 1 heterocycles. The molecule has 0 radical (unpaired) electrons. The molecule has 1 aromatic carbocycles. The highest BCUT2D eigenvalue weighted by atomic mass is 19.1. The number of rotatable bonds is 3. The minimum absolute atomic E-state index is 0.0382. The maximum atomic E-state index is 13.5. The van der Waals surface area contributed by atoms with E-state index in [0.717, 1.165) is 18.2 Å². The van der Waals surface area contributed by atoms with Crippen molar-refractivity contribution in [2.75, 3.05) is 11.1 Å². The number of nitrogen functional groups attached to an aromatic ring is 1. The van der Waals surface area contributed by atoms with E-state index in [2.05, 4.69) is 10.4 Å². The Hall–Kier alpha value is -2.11. The number of benzene rings is 1. The van der Waals surface area contributed by atoms with Gasteiger partial charge in [-0.25, -0.2) is 13.5 Å². The zero-order valence-corrected chi connectivity index (χ0v) is 10.2. The summed E-state index contributed by atoms with van der Waals surface area (Å²) in [5.74, 6) is -0.589. The third-order valence-electron chi connectivity index (χ3n) is 2.65. The van der Waals surface area contributed by atoms with E-state index in [1.54, 1.807) is 11.6 Å². The molecule has 0 aliphatic heterocycles. The number of halogens is 2. The van der Waals surface area contributed by atoms with Crippen LogP contribution in [-0.2, 0) is 6.54 Å². The normalized spacial score (nSPS) is 10.7. The van der Waals surface area contributed by atoms with Gasteiger partial charge in [0.1, 0.15) is 11.6 Å². The Morgan fingerprint density at radius 1 is 1.39 bits per heavy atom. The first kappa shape index (κ1) is 12.3. The topological polar surface area (TPSA) is 55.9 Å². The van der Waals surface area contributed by atoms with E-state index < -0.39 is 11.6 Å². The minimum atomic E-state index is -0.544. The van der Waals surface area contributed by atoms with Gasteiger partial charge in [0, 0.05) is 12.6 Å². The van der Waals surface area contributed by atoms with Crippen molar-refractivity contribution in [1.29, 1.82) is 0 Å². The molecular weight excluding hydrogens is 238 g/mol. The first-order valence-electron chi connectivity index (χ1n) is 5.58. The fourth-order valence-electron chi connectivity index (χ4n) is 1.68. The highest BCUT2D eigenvalue weighted by Crippen LogP contribution is 2.27. The largest absolute Gasteiger partial charge is 0.394 e. The van der Waals surface area contributed by atoms with Gasteiger partial charge in [0.15, 0.2) is 5.82 Å². The van der Waals surface area contributed by atoms with Crippen LogP contribution in [0.2, 0.25) is 0 Å². The number of aromatic nitrogens is 2. The number of nitrogens with zero attached hydrogens (tertiary/aromatic N) is 2. The lowest BCUT2D eigenvalue weighted by Gasteiger charge is -2.10. The molecule has 0 aliphatic carbocycles. The highest BCUT2D eigenvalue weighted by molar-refractivity contribution is 5.71. The van der Waals surface area contributed by atoms with Gasteiger partial charge in [0.25, 0.3) is 0 Å². The fraction of sp³-hybridized carbons (Fsp3) is 0.250. The zero-order chi connectivity index (χ0) is 13.3. The van der Waals surface area contributed by atoms with Crippen LogP contribution >= 0.6 is 0 Å². The minimum Gasteiger partial charge on any atom is -0.394 e. The summed E-state index contributed by atoms with van der Waals surface area (Å²) in [6.07, 6.45) is 0. The van der Waals surface area contributed by atoms with Crippen molar-refractivity contribution in [1.82, 2.24) is 9.78 Å². The summed E-state index contributed by atoms with van der Waals surface area (Å²) in [6.45, 7) is 4.23. The number of nitrogens with two attached hydrogens (primary N) is 1. The molecule has 3 N–H and O–H groups in total. The number of hydrogen-bond acceptors (Lipinski definition) is 3. The fourth-order valence-corrected chi connectivity index (χ4v) is 1.68. The van der Waals surface area contributed by atoms with Crippen molar-refractivity contribution >= 4 is 17.2 Å². The second kappa shape index (κ2) is 4.64. The summed E-state index contributed by atoms with van der Waals surface area (Å²) < 4.78 is 28.2. The Morgan fingerprint density at radius 2 is 2.11 bits per heavy atom. The number of hydrogen-bond donors (Lipinski definition) is 2. The van der Waals surface area contributed by atoms with E-state index in [0.29, 0.717) is 23.7 Å². The summed E-state index contributed by atoms with van der Waals surface area (Å²) in [5.41, 5.74) is 6.97. The highest BCUT2D eigenvalue weighted by Gasteiger charge is 2.13. The lowest BCUT2D eigenvalue weighted by Crippen LogP contribution is -2.05. The van der Waals surface area contributed by atoms with Gasteiger partial charge < -0.3 is 11.1 Å². The first-order chi connectivity index (χ1) is 8.52. The van der Waals surface area contributed by atoms with Gasteiger partial charge in [0.05, 0.1) is 17.1 Å². The van der Waals surface area contributed by atoms with Crippen LogP contribution in [0.3, 0.4) is 0 Å². The van der Waals surface area contributed by atoms with Crippen LogP contribution in [0.4, 0.5) is 26.0 Å². The molecule has 6 heteroatoms. The van der Waals surface area contributed by atoms with Crippen molar-refractivity contribution in [2.45, 2.75) is 20.4 Å². The molecule has 0 atom stereocenters. The predicted molar refractivity (Wildman–Crippen MR) is 66.7 cm³/mol. The summed E-state index contributed by atoms with van der Waals surface area (Å²) in [6, 6.07) is 3.21. The van der Waals surface area contributed by atoms with E-state index in [1.807, 2.05) is 6.92 Å². The van der Waals surface area contributed by atoms with Gasteiger partial charge in [0.2, 0.25) is 0 Å². The zero-order valence-electron chi connectivity index (χ0n) is 10.2. The molecule has 0 aliphatic rings. The molecule has 0 saturated heterocycles. The molecule has 0 fully saturated rings. The van der Waals surface area contributed by atoms with Gasteiger partial charge in [-0.2, -0.15) is 5.10 Å². The molecule has 4 nitrogen and oxygen atoms in total. The van der Waals surface area contributed by atoms with Crippen LogP contribution in [0.1, 0.15) is 12.6 Å². The maximum Gasteiger partial charge on any atom is 0.152 e. The van der Waals surface area contributed by atoms with Gasteiger partial charge in [-0.05, 0) is 26.0 Å². The molecule has 2 rings (SSSR count). The number of anilines is 3. The van der Waals surface area contributed by atoms with Crippen molar-refractivity contribution in [2.24, 2.45) is 0 Å². The molecule has 96 valence electrons. The van der Waals surface area contributed by atoms with E-state index in [1.165, 1.54) is 0 Å². The average Bonchev–Trinajstić information content (AvgIpc) is 2.61. The smallest absolute Gasteiger partial charge is 0.152 e. The molecule has 0 spiro atoms. The molecule has 0 bridgehead atoms. The van der Waals surface area contributed by atoms with E-state index in [9.17, 15) is 8.78 Å². The van der Waals surface area contributed by atoms with Gasteiger partial charge in [-0.1, -0.05) is 0 Å². The second-order valence-corrected chi connectivity index (χ2v) is 3.91. The van der Waals surface area contributed by atoms with Gasteiger partial charge >= 0.3 is 0 Å². The second-order valence-electron chi connectivity index (χ2n) is 3.91. The van der Waals surface area contributed by atoms with Crippen molar-refractivity contribution in [3.8, 4) is 0 Å². The van der Waals surface area contributed by atoms with Crippen LogP contribution in [0.5, 0.6) is 0 Å². The Bertz CT molecular complexity index is 578. The molecule has 0 amide bonds. The summed E-state index contributed by atoms with van der Waals surface area (Å²) >= 11 is 0. The molecule has 0 unspecified atom stereocenters. The third-order valence-corrected chi connectivity index (χ3v) is 2.65. The van der Waals surface area contributed by atoms with E-state index >= 15 is 0 Å². The maximum absolute atomic E-state index is 13.5. The van der Waals surface area contributed by atoms with Crippen molar-refractivity contribution in [3.05, 3.63) is 35.5 Å². The van der Waals surface area contributed by atoms with E-state index in [-0.39, 0.29) is 5.69 Å². The molecule has 2 aromatic rings. The summed E-state index contributed by atoms with van der Waals surface area (Å²) in [5, 5.41) is 6.97. The Labute approximate surface area is 103 Å². The lowest BCUT2D eigenvalue weighted by atomic mass is 10.3. The predicted octanol–water partition coefficient (Wildman–Crippen LogP) is 2.82. The van der Waals surface area contributed by atoms with Crippen LogP contribution in [0.15, 0.2) is 18.2 Å². The molecule has 0 saturated carbocycles. The Balaban J connectivity index is 2.42. The SMILES string of the molecule is CCn1nc(C)c(N)c1Nc1cc(F)ccc1F. The summed E-state index contributed by atoms with van der Waals surface area (Å²) in [4.78, 5) is 0. The van der Waals surface area contributed by atoms with Crippen molar-refractivity contribution in [3.63, 3.8) is 0 Å². The van der Waals surface area contributed by atoms with Crippen LogP contribution in [-0.4, -0.2) is 9.78 Å². The number of aryl methyl sites for hydroxylation is 2. The van der Waals surface area contributed by atoms with Crippen molar-refractivity contribution < 1.29 is 8.78 Å². The molecule has 18 heavy (non-hydrogen) atoms. The van der Waals surface area contributed by atoms with E-state index in [4.69, 9.17) is 5.73 Å². The van der Waals surface area contributed by atoms with Gasteiger partial charge in [-0.3, -0.25) is 0 Å². The number of nitrogens with one attached hydrogen (secondary N) is 1.